The third-order valence-corrected chi connectivity index (χ3v) is 7.48. The van der Waals surface area contributed by atoms with Crippen molar-refractivity contribution in [3.8, 4) is 17.2 Å². The number of ether oxygens (including phenoxy) is 3. The van der Waals surface area contributed by atoms with E-state index < -0.39 is 12.1 Å². The smallest absolute Gasteiger partial charge is 0.220 e. The van der Waals surface area contributed by atoms with Crippen LogP contribution >= 0.6 is 0 Å². The molecule has 210 valence electrons. The van der Waals surface area contributed by atoms with Crippen LogP contribution in [-0.2, 0) is 4.79 Å². The van der Waals surface area contributed by atoms with Gasteiger partial charge in [0.05, 0.1) is 13.2 Å². The summed E-state index contributed by atoms with van der Waals surface area (Å²) in [5.41, 5.74) is 1.37. The van der Waals surface area contributed by atoms with Crippen LogP contribution in [0.3, 0.4) is 0 Å². The second-order valence-corrected chi connectivity index (χ2v) is 10.2. The highest BCUT2D eigenvalue weighted by Crippen LogP contribution is 2.34. The van der Waals surface area contributed by atoms with Gasteiger partial charge in [-0.05, 0) is 81.1 Å². The SMILES string of the molecule is COc1ccc(C(=O)CCCCCC(=O)N[C@H](CN2CCC[C@H]2C)[C@@H](O)c2ccc3c(c2)OCCO3)cc1.[HH].[HH]. The number of fused-ring (bicyclic) bond motifs is 1. The average Bonchev–Trinajstić information content (AvgIpc) is 3.35. The molecule has 1 fully saturated rings. The number of aliphatic hydroxyl groups excluding tert-OH is 1. The fraction of sp³-hybridized carbons (Fsp3) is 0.533. The first kappa shape index (κ1) is 27.9. The van der Waals surface area contributed by atoms with Crippen molar-refractivity contribution in [2.75, 3.05) is 33.4 Å². The number of ketones is 1. The fourth-order valence-electron chi connectivity index (χ4n) is 5.17. The van der Waals surface area contributed by atoms with Gasteiger partial charge in [-0.25, -0.2) is 0 Å². The van der Waals surface area contributed by atoms with Gasteiger partial charge < -0.3 is 24.6 Å². The summed E-state index contributed by atoms with van der Waals surface area (Å²) in [5, 5.41) is 14.4. The molecule has 2 aliphatic heterocycles. The third kappa shape index (κ3) is 7.48. The minimum atomic E-state index is -0.871. The molecule has 2 aromatic carbocycles. The van der Waals surface area contributed by atoms with Crippen LogP contribution in [-0.4, -0.2) is 67.2 Å². The summed E-state index contributed by atoms with van der Waals surface area (Å²) in [5.74, 6) is 2.03. The monoisotopic (exact) mass is 528 g/mol. The number of methoxy groups -OCH3 is 1. The molecule has 1 amide bonds. The predicted molar refractivity (Wildman–Crippen MR) is 149 cm³/mol. The maximum atomic E-state index is 12.9. The first-order chi connectivity index (χ1) is 18.4. The van der Waals surface area contributed by atoms with Gasteiger partial charge in [-0.15, -0.1) is 0 Å². The molecule has 38 heavy (non-hydrogen) atoms. The molecule has 2 heterocycles. The normalized spacial score (nSPS) is 18.6. The molecule has 0 saturated carbocycles. The quantitative estimate of drug-likeness (QED) is 0.285. The lowest BCUT2D eigenvalue weighted by Crippen LogP contribution is -2.48. The first-order valence-electron chi connectivity index (χ1n) is 13.7. The zero-order valence-corrected chi connectivity index (χ0v) is 22.5. The summed E-state index contributed by atoms with van der Waals surface area (Å²) in [6.07, 6.45) is 4.38. The molecule has 2 aliphatic rings. The van der Waals surface area contributed by atoms with E-state index in [2.05, 4.69) is 17.1 Å². The van der Waals surface area contributed by atoms with E-state index in [9.17, 15) is 14.7 Å². The Morgan fingerprint density at radius 3 is 2.53 bits per heavy atom. The van der Waals surface area contributed by atoms with Crippen LogP contribution in [0.5, 0.6) is 17.2 Å². The number of rotatable bonds is 13. The number of unbranched alkanes of at least 4 members (excludes halogenated alkanes) is 2. The summed E-state index contributed by atoms with van der Waals surface area (Å²) in [7, 11) is 1.60. The van der Waals surface area contributed by atoms with Gasteiger partial charge in [0.15, 0.2) is 17.3 Å². The second kappa shape index (κ2) is 13.6. The van der Waals surface area contributed by atoms with E-state index in [0.29, 0.717) is 67.7 Å². The van der Waals surface area contributed by atoms with E-state index in [1.807, 2.05) is 18.2 Å². The molecule has 2 aromatic rings. The van der Waals surface area contributed by atoms with Gasteiger partial charge in [0.25, 0.3) is 0 Å². The lowest BCUT2D eigenvalue weighted by Gasteiger charge is -2.31. The molecule has 0 unspecified atom stereocenters. The summed E-state index contributed by atoms with van der Waals surface area (Å²) < 4.78 is 16.4. The van der Waals surface area contributed by atoms with Gasteiger partial charge in [0.2, 0.25) is 5.91 Å². The Bertz CT molecular complexity index is 1080. The third-order valence-electron chi connectivity index (χ3n) is 7.48. The summed E-state index contributed by atoms with van der Waals surface area (Å²) in [4.78, 5) is 27.6. The molecular formula is C30H44N2O6. The van der Waals surface area contributed by atoms with E-state index in [1.54, 1.807) is 31.4 Å². The number of benzene rings is 2. The lowest BCUT2D eigenvalue weighted by atomic mass is 10.00. The number of nitrogens with zero attached hydrogens (tertiary/aromatic N) is 1. The van der Waals surface area contributed by atoms with Gasteiger partial charge in [0.1, 0.15) is 25.1 Å². The molecule has 8 nitrogen and oxygen atoms in total. The summed E-state index contributed by atoms with van der Waals surface area (Å²) >= 11 is 0. The van der Waals surface area contributed by atoms with Gasteiger partial charge in [0, 0.05) is 33.8 Å². The highest BCUT2D eigenvalue weighted by molar-refractivity contribution is 5.96. The van der Waals surface area contributed by atoms with Crippen molar-refractivity contribution in [2.24, 2.45) is 0 Å². The van der Waals surface area contributed by atoms with Crippen molar-refractivity contribution in [3.63, 3.8) is 0 Å². The highest BCUT2D eigenvalue weighted by Gasteiger charge is 2.30. The molecule has 0 spiro atoms. The van der Waals surface area contributed by atoms with Crippen LogP contribution in [0.4, 0.5) is 0 Å². The number of hydrogen-bond acceptors (Lipinski definition) is 7. The molecular weight excluding hydrogens is 484 g/mol. The van der Waals surface area contributed by atoms with E-state index in [0.717, 1.165) is 38.0 Å². The van der Waals surface area contributed by atoms with Crippen LogP contribution < -0.4 is 19.5 Å². The predicted octanol–water partition coefficient (Wildman–Crippen LogP) is 4.79. The highest BCUT2D eigenvalue weighted by atomic mass is 16.6. The van der Waals surface area contributed by atoms with E-state index >= 15 is 0 Å². The lowest BCUT2D eigenvalue weighted by molar-refractivity contribution is -0.123. The minimum absolute atomic E-state index is 0. The van der Waals surface area contributed by atoms with E-state index in [4.69, 9.17) is 14.2 Å². The number of likely N-dealkylation sites (tertiary alicyclic amines) is 1. The fourth-order valence-corrected chi connectivity index (χ4v) is 5.17. The van der Waals surface area contributed by atoms with Crippen molar-refractivity contribution in [1.82, 2.24) is 10.2 Å². The largest absolute Gasteiger partial charge is 0.497 e. The van der Waals surface area contributed by atoms with Crippen LogP contribution in [0.15, 0.2) is 42.5 Å². The summed E-state index contributed by atoms with van der Waals surface area (Å²) in [6.45, 7) is 4.72. The van der Waals surface area contributed by atoms with Crippen molar-refractivity contribution in [2.45, 2.75) is 70.1 Å². The Morgan fingerprint density at radius 1 is 1.08 bits per heavy atom. The topological polar surface area (TPSA) is 97.3 Å². The van der Waals surface area contributed by atoms with Gasteiger partial charge in [-0.2, -0.15) is 0 Å². The van der Waals surface area contributed by atoms with Crippen molar-refractivity contribution < 1.29 is 31.8 Å². The van der Waals surface area contributed by atoms with E-state index in [1.165, 1.54) is 0 Å². The van der Waals surface area contributed by atoms with Crippen LogP contribution in [0.2, 0.25) is 0 Å². The van der Waals surface area contributed by atoms with Gasteiger partial charge in [-0.1, -0.05) is 12.5 Å². The Labute approximate surface area is 228 Å². The number of carbonyl (C=O) groups excluding carboxylic acids is 2. The average molecular weight is 529 g/mol. The Hall–Kier alpha value is -3.10. The maximum Gasteiger partial charge on any atom is 0.220 e. The van der Waals surface area contributed by atoms with E-state index in [-0.39, 0.29) is 14.5 Å². The molecule has 8 heteroatoms. The Balaban J connectivity index is 0.00000280. The first-order valence-corrected chi connectivity index (χ1v) is 13.7. The molecule has 0 aliphatic carbocycles. The molecule has 0 radical (unpaired) electrons. The molecule has 0 aromatic heterocycles. The van der Waals surface area contributed by atoms with Crippen LogP contribution in [0, 0.1) is 0 Å². The number of amides is 1. The number of hydrogen-bond donors (Lipinski definition) is 2. The number of Topliss-reactive ketones (excluding diaryl/α,β-unsaturated/α-hetero) is 1. The standard InChI is InChI=1S/C30H40N2O6.2H2/c1-21-7-6-16-32(21)20-25(30(35)23-12-15-27-28(19-23)38-18-17-37-27)31-29(34)9-5-3-4-8-26(33)22-10-13-24(36-2)14-11-22;;/h10-15,19,21,25,30,35H,3-9,16-18,20H2,1-2H3,(H,31,34);2*1H/t21-,25-,30+;;/m1../s1. The van der Waals surface area contributed by atoms with Crippen LogP contribution in [0.1, 0.15) is 76.7 Å². The van der Waals surface area contributed by atoms with Crippen LogP contribution in [0.25, 0.3) is 0 Å². The number of carbonyl (C=O) groups is 2. The molecule has 1 saturated heterocycles. The summed E-state index contributed by atoms with van der Waals surface area (Å²) in [6, 6.07) is 12.6. The minimum Gasteiger partial charge on any atom is -0.497 e. The Kier molecular flexibility index (Phi) is 10.0. The Morgan fingerprint density at radius 2 is 1.82 bits per heavy atom. The maximum absolute atomic E-state index is 12.9. The molecule has 3 atom stereocenters. The molecule has 2 N–H and O–H groups in total. The van der Waals surface area contributed by atoms with Gasteiger partial charge >= 0.3 is 0 Å². The van der Waals surface area contributed by atoms with Crippen molar-refractivity contribution in [1.29, 1.82) is 0 Å². The van der Waals surface area contributed by atoms with Crippen molar-refractivity contribution in [3.05, 3.63) is 53.6 Å². The molecule has 0 bridgehead atoms. The second-order valence-electron chi connectivity index (χ2n) is 10.2. The van der Waals surface area contributed by atoms with Crippen molar-refractivity contribution >= 4 is 11.7 Å². The number of aliphatic hydroxyl groups is 1. The number of nitrogens with one attached hydrogen (secondary N) is 1. The van der Waals surface area contributed by atoms with Gasteiger partial charge in [-0.3, -0.25) is 14.5 Å². The molecule has 4 rings (SSSR count). The zero-order valence-electron chi connectivity index (χ0n) is 22.5. The zero-order chi connectivity index (χ0) is 26.9.